The first-order chi connectivity index (χ1) is 15.9. The molecule has 0 bridgehead atoms. The van der Waals surface area contributed by atoms with Crippen molar-refractivity contribution in [2.45, 2.75) is 33.1 Å². The third-order valence-electron chi connectivity index (χ3n) is 5.46. The number of ether oxygens (including phenoxy) is 3. The Hall–Kier alpha value is -3.62. The Labute approximate surface area is 193 Å². The molecular formula is C24H29N3O6. The van der Waals surface area contributed by atoms with Gasteiger partial charge in [-0.15, -0.1) is 0 Å². The van der Waals surface area contributed by atoms with Gasteiger partial charge in [-0.3, -0.25) is 9.59 Å². The summed E-state index contributed by atoms with van der Waals surface area (Å²) in [7, 11) is 2.97. The number of benzene rings is 1. The van der Waals surface area contributed by atoms with Crippen molar-refractivity contribution in [3.63, 3.8) is 0 Å². The highest BCUT2D eigenvalue weighted by Gasteiger charge is 2.25. The van der Waals surface area contributed by atoms with Crippen LogP contribution in [0.25, 0.3) is 0 Å². The summed E-state index contributed by atoms with van der Waals surface area (Å²) in [6.07, 6.45) is 2.97. The number of likely N-dealkylation sites (tertiary alicyclic amines) is 1. The van der Waals surface area contributed by atoms with Crippen molar-refractivity contribution in [2.24, 2.45) is 0 Å². The average Bonchev–Trinajstić information content (AvgIpc) is 2.83. The molecule has 2 aromatic rings. The smallest absolute Gasteiger partial charge is 0.339 e. The van der Waals surface area contributed by atoms with Crippen molar-refractivity contribution in [1.82, 2.24) is 9.88 Å². The Morgan fingerprint density at radius 1 is 1.00 bits per heavy atom. The number of esters is 1. The van der Waals surface area contributed by atoms with E-state index in [9.17, 15) is 14.4 Å². The van der Waals surface area contributed by atoms with Gasteiger partial charge in [-0.2, -0.15) is 0 Å². The molecule has 1 N–H and O–H groups in total. The number of carbonyl (C=O) groups excluding carboxylic acids is 3. The van der Waals surface area contributed by atoms with E-state index in [0.29, 0.717) is 47.1 Å². The minimum atomic E-state index is -0.520. The van der Waals surface area contributed by atoms with Gasteiger partial charge in [0.05, 0.1) is 43.3 Å². The highest BCUT2D eigenvalue weighted by atomic mass is 16.5. The summed E-state index contributed by atoms with van der Waals surface area (Å²) in [5.41, 5.74) is 1.37. The average molecular weight is 456 g/mol. The second-order valence-electron chi connectivity index (χ2n) is 7.61. The predicted octanol–water partition coefficient (Wildman–Crippen LogP) is 3.46. The largest absolute Gasteiger partial charge is 0.493 e. The molecule has 0 atom stereocenters. The lowest BCUT2D eigenvalue weighted by Gasteiger charge is -2.28. The van der Waals surface area contributed by atoms with Crippen LogP contribution < -0.4 is 14.8 Å². The lowest BCUT2D eigenvalue weighted by Crippen LogP contribution is -2.36. The van der Waals surface area contributed by atoms with E-state index >= 15 is 0 Å². The topological polar surface area (TPSA) is 107 Å². The van der Waals surface area contributed by atoms with Crippen molar-refractivity contribution in [1.29, 1.82) is 0 Å². The number of anilines is 1. The molecule has 1 aromatic carbocycles. The van der Waals surface area contributed by atoms with Crippen LogP contribution in [0, 0.1) is 6.92 Å². The number of nitrogens with zero attached hydrogens (tertiary/aromatic N) is 2. The fourth-order valence-corrected chi connectivity index (χ4v) is 3.73. The zero-order valence-corrected chi connectivity index (χ0v) is 19.4. The lowest BCUT2D eigenvalue weighted by molar-refractivity contribution is 0.0524. The van der Waals surface area contributed by atoms with Gasteiger partial charge in [0.25, 0.3) is 11.8 Å². The molecule has 0 saturated carbocycles. The summed E-state index contributed by atoms with van der Waals surface area (Å²) >= 11 is 0. The van der Waals surface area contributed by atoms with Gasteiger partial charge >= 0.3 is 5.97 Å². The van der Waals surface area contributed by atoms with Gasteiger partial charge in [0.2, 0.25) is 0 Å². The van der Waals surface area contributed by atoms with E-state index in [4.69, 9.17) is 14.2 Å². The quantitative estimate of drug-likeness (QED) is 0.637. The molecule has 0 unspecified atom stereocenters. The molecule has 1 saturated heterocycles. The Kier molecular flexibility index (Phi) is 7.87. The number of hydrogen-bond donors (Lipinski definition) is 1. The Bertz CT molecular complexity index is 1050. The summed E-state index contributed by atoms with van der Waals surface area (Å²) in [4.78, 5) is 44.3. The van der Waals surface area contributed by atoms with Crippen molar-refractivity contribution >= 4 is 23.5 Å². The van der Waals surface area contributed by atoms with E-state index in [1.54, 1.807) is 30.9 Å². The molecule has 0 radical (unpaired) electrons. The van der Waals surface area contributed by atoms with Crippen molar-refractivity contribution in [2.75, 3.05) is 39.2 Å². The van der Waals surface area contributed by atoms with Crippen LogP contribution in [-0.4, -0.2) is 61.6 Å². The summed E-state index contributed by atoms with van der Waals surface area (Å²) in [6, 6.07) is 6.09. The number of rotatable bonds is 7. The number of nitrogens with one attached hydrogen (secondary N) is 1. The fourth-order valence-electron chi connectivity index (χ4n) is 3.73. The normalized spacial score (nSPS) is 13.3. The summed E-state index contributed by atoms with van der Waals surface area (Å²) in [5.74, 6) is -0.432. The SMILES string of the molecule is CCOC(=O)c1ccc(C(=O)Nc2cc(OC)c(OC)cc2C(=O)N2CCCCC2)nc1C. The summed E-state index contributed by atoms with van der Waals surface area (Å²) in [6.45, 7) is 4.92. The number of hydrogen-bond acceptors (Lipinski definition) is 7. The molecule has 2 heterocycles. The minimum Gasteiger partial charge on any atom is -0.493 e. The third kappa shape index (κ3) is 5.42. The standard InChI is InChI=1S/C24H29N3O6/c1-5-33-24(30)16-9-10-18(25-15(16)2)22(28)26-19-14-21(32-4)20(31-3)13-17(19)23(29)27-11-7-6-8-12-27/h9-10,13-14H,5-8,11-12H2,1-4H3,(H,26,28). The molecule has 1 aliphatic heterocycles. The predicted molar refractivity (Wildman–Crippen MR) is 122 cm³/mol. The molecule has 1 fully saturated rings. The van der Waals surface area contributed by atoms with Gasteiger partial charge in [-0.25, -0.2) is 9.78 Å². The van der Waals surface area contributed by atoms with Crippen LogP contribution in [0.2, 0.25) is 0 Å². The van der Waals surface area contributed by atoms with E-state index in [1.165, 1.54) is 26.4 Å². The molecule has 33 heavy (non-hydrogen) atoms. The number of carbonyl (C=O) groups is 3. The molecule has 1 aliphatic rings. The van der Waals surface area contributed by atoms with Crippen molar-refractivity contribution in [3.8, 4) is 11.5 Å². The van der Waals surface area contributed by atoms with Gasteiger partial charge in [0.1, 0.15) is 5.69 Å². The second-order valence-corrected chi connectivity index (χ2v) is 7.61. The van der Waals surface area contributed by atoms with E-state index in [1.807, 2.05) is 0 Å². The van der Waals surface area contributed by atoms with Crippen LogP contribution in [-0.2, 0) is 4.74 Å². The fraction of sp³-hybridized carbons (Fsp3) is 0.417. The number of aromatic nitrogens is 1. The maximum Gasteiger partial charge on any atom is 0.339 e. The van der Waals surface area contributed by atoms with Gasteiger partial charge in [-0.05, 0) is 51.3 Å². The van der Waals surface area contributed by atoms with Gasteiger partial charge in [0.15, 0.2) is 11.5 Å². The number of methoxy groups -OCH3 is 2. The van der Waals surface area contributed by atoms with E-state index in [-0.39, 0.29) is 18.2 Å². The molecule has 176 valence electrons. The summed E-state index contributed by atoms with van der Waals surface area (Å²) in [5, 5.41) is 2.77. The van der Waals surface area contributed by atoms with Gasteiger partial charge in [0, 0.05) is 19.2 Å². The molecule has 9 nitrogen and oxygen atoms in total. The molecule has 9 heteroatoms. The zero-order valence-electron chi connectivity index (χ0n) is 19.4. The van der Waals surface area contributed by atoms with Crippen LogP contribution in [0.4, 0.5) is 5.69 Å². The van der Waals surface area contributed by atoms with E-state index in [0.717, 1.165) is 19.3 Å². The van der Waals surface area contributed by atoms with Crippen LogP contribution in [0.3, 0.4) is 0 Å². The first kappa shape index (κ1) is 24.0. The summed E-state index contributed by atoms with van der Waals surface area (Å²) < 4.78 is 15.7. The Morgan fingerprint density at radius 2 is 1.67 bits per heavy atom. The van der Waals surface area contributed by atoms with Crippen LogP contribution in [0.15, 0.2) is 24.3 Å². The Morgan fingerprint density at radius 3 is 2.27 bits per heavy atom. The first-order valence-corrected chi connectivity index (χ1v) is 10.9. The third-order valence-corrected chi connectivity index (χ3v) is 5.46. The highest BCUT2D eigenvalue weighted by molar-refractivity contribution is 6.09. The molecular weight excluding hydrogens is 426 g/mol. The maximum absolute atomic E-state index is 13.3. The first-order valence-electron chi connectivity index (χ1n) is 10.9. The van der Waals surface area contributed by atoms with Crippen molar-refractivity contribution in [3.05, 3.63) is 46.8 Å². The second kappa shape index (κ2) is 10.8. The maximum atomic E-state index is 13.3. The molecule has 3 rings (SSSR count). The van der Waals surface area contributed by atoms with Gasteiger partial charge < -0.3 is 24.4 Å². The molecule has 0 aliphatic carbocycles. The van der Waals surface area contributed by atoms with E-state index in [2.05, 4.69) is 10.3 Å². The lowest BCUT2D eigenvalue weighted by atomic mass is 10.1. The zero-order chi connectivity index (χ0) is 24.0. The van der Waals surface area contributed by atoms with E-state index < -0.39 is 11.9 Å². The monoisotopic (exact) mass is 455 g/mol. The van der Waals surface area contributed by atoms with Crippen molar-refractivity contribution < 1.29 is 28.6 Å². The number of aryl methyl sites for hydroxylation is 1. The number of pyridine rings is 1. The molecule has 1 aromatic heterocycles. The number of amides is 2. The number of piperidine rings is 1. The van der Waals surface area contributed by atoms with Crippen LogP contribution in [0.1, 0.15) is 63.1 Å². The minimum absolute atomic E-state index is 0.103. The Balaban J connectivity index is 1.92. The molecule has 2 amide bonds. The van der Waals surface area contributed by atoms with Gasteiger partial charge in [-0.1, -0.05) is 0 Å². The van der Waals surface area contributed by atoms with Crippen LogP contribution in [0.5, 0.6) is 11.5 Å². The van der Waals surface area contributed by atoms with Crippen LogP contribution >= 0.6 is 0 Å². The highest BCUT2D eigenvalue weighted by Crippen LogP contribution is 2.34. The molecule has 0 spiro atoms.